The zero-order valence-corrected chi connectivity index (χ0v) is 10.4. The molecule has 0 fully saturated rings. The minimum Gasteiger partial charge on any atom is -0.332 e. The molecule has 0 unspecified atom stereocenters. The van der Waals surface area contributed by atoms with Crippen molar-refractivity contribution in [3.05, 3.63) is 12.0 Å². The maximum absolute atomic E-state index is 12.1. The predicted molar refractivity (Wildman–Crippen MR) is 61.5 cm³/mol. The number of aromatic amines is 1. The molecule has 0 spiro atoms. The van der Waals surface area contributed by atoms with Crippen LogP contribution >= 0.6 is 0 Å². The SMILES string of the molecule is CCc1ncc(S(=O)(=O)N(CC)CCN)[nH]1. The Kier molecular flexibility index (Phi) is 4.45. The van der Waals surface area contributed by atoms with Gasteiger partial charge < -0.3 is 10.7 Å². The maximum atomic E-state index is 12.1. The topological polar surface area (TPSA) is 92.1 Å². The molecule has 1 heterocycles. The van der Waals surface area contributed by atoms with Gasteiger partial charge in [0, 0.05) is 26.1 Å². The van der Waals surface area contributed by atoms with Gasteiger partial charge in [0.25, 0.3) is 10.0 Å². The fraction of sp³-hybridized carbons (Fsp3) is 0.667. The molecule has 0 aliphatic rings. The first-order valence-electron chi connectivity index (χ1n) is 5.30. The second-order valence-electron chi connectivity index (χ2n) is 3.33. The van der Waals surface area contributed by atoms with Crippen molar-refractivity contribution in [1.82, 2.24) is 14.3 Å². The highest BCUT2D eigenvalue weighted by Gasteiger charge is 2.24. The molecule has 0 bridgehead atoms. The summed E-state index contributed by atoms with van der Waals surface area (Å²) in [5, 5.41) is 0.139. The lowest BCUT2D eigenvalue weighted by molar-refractivity contribution is 0.433. The van der Waals surface area contributed by atoms with Gasteiger partial charge in [-0.3, -0.25) is 0 Å². The Morgan fingerprint density at radius 2 is 2.19 bits per heavy atom. The summed E-state index contributed by atoms with van der Waals surface area (Å²) in [5.74, 6) is 0.669. The number of likely N-dealkylation sites (N-methyl/N-ethyl adjacent to an activating group) is 1. The van der Waals surface area contributed by atoms with E-state index in [1.807, 2.05) is 6.92 Å². The largest absolute Gasteiger partial charge is 0.332 e. The van der Waals surface area contributed by atoms with Gasteiger partial charge in [0.15, 0.2) is 5.03 Å². The van der Waals surface area contributed by atoms with Crippen LogP contribution in [0, 0.1) is 0 Å². The molecule has 0 radical (unpaired) electrons. The molecule has 0 amide bonds. The molecule has 0 saturated heterocycles. The summed E-state index contributed by atoms with van der Waals surface area (Å²) in [7, 11) is -3.47. The molecule has 0 aromatic carbocycles. The Labute approximate surface area is 95.9 Å². The van der Waals surface area contributed by atoms with Gasteiger partial charge in [-0.2, -0.15) is 4.31 Å². The highest BCUT2D eigenvalue weighted by molar-refractivity contribution is 7.89. The molecule has 0 atom stereocenters. The normalized spacial score (nSPS) is 12.2. The Hall–Kier alpha value is -0.920. The first-order valence-corrected chi connectivity index (χ1v) is 6.74. The number of hydrogen-bond acceptors (Lipinski definition) is 4. The van der Waals surface area contributed by atoms with E-state index in [0.717, 1.165) is 0 Å². The van der Waals surface area contributed by atoms with Crippen molar-refractivity contribution in [2.75, 3.05) is 19.6 Å². The van der Waals surface area contributed by atoms with Gasteiger partial charge in [-0.05, 0) is 0 Å². The van der Waals surface area contributed by atoms with Gasteiger partial charge in [-0.15, -0.1) is 0 Å². The van der Waals surface area contributed by atoms with Crippen LogP contribution in [0.1, 0.15) is 19.7 Å². The number of nitrogens with one attached hydrogen (secondary N) is 1. The van der Waals surface area contributed by atoms with Crippen molar-refractivity contribution < 1.29 is 8.42 Å². The van der Waals surface area contributed by atoms with Crippen LogP contribution < -0.4 is 5.73 Å². The minimum atomic E-state index is -3.47. The van der Waals surface area contributed by atoms with Crippen molar-refractivity contribution in [2.45, 2.75) is 25.3 Å². The maximum Gasteiger partial charge on any atom is 0.260 e. The molecule has 3 N–H and O–H groups in total. The van der Waals surface area contributed by atoms with Gasteiger partial charge in [0.1, 0.15) is 5.82 Å². The predicted octanol–water partition coefficient (Wildman–Crippen LogP) is -0.0586. The number of nitrogens with zero attached hydrogens (tertiary/aromatic N) is 2. The smallest absolute Gasteiger partial charge is 0.260 e. The number of hydrogen-bond donors (Lipinski definition) is 2. The third-order valence-electron chi connectivity index (χ3n) is 2.29. The highest BCUT2D eigenvalue weighted by atomic mass is 32.2. The molecular formula is C9H18N4O2S. The van der Waals surface area contributed by atoms with E-state index in [2.05, 4.69) is 9.97 Å². The molecular weight excluding hydrogens is 228 g/mol. The standard InChI is InChI=1S/C9H18N4O2S/c1-3-8-11-7-9(12-8)16(14,15)13(4-2)6-5-10/h7H,3-6,10H2,1-2H3,(H,11,12). The first-order chi connectivity index (χ1) is 7.56. The van der Waals surface area contributed by atoms with Crippen LogP contribution in [0.3, 0.4) is 0 Å². The Balaban J connectivity index is 2.99. The number of aromatic nitrogens is 2. The molecule has 7 heteroatoms. The van der Waals surface area contributed by atoms with E-state index in [0.29, 0.717) is 31.9 Å². The monoisotopic (exact) mass is 246 g/mol. The molecule has 6 nitrogen and oxygen atoms in total. The van der Waals surface area contributed by atoms with E-state index in [1.54, 1.807) is 6.92 Å². The van der Waals surface area contributed by atoms with Gasteiger partial charge in [0.2, 0.25) is 0 Å². The van der Waals surface area contributed by atoms with E-state index in [4.69, 9.17) is 5.73 Å². The van der Waals surface area contributed by atoms with Crippen LogP contribution in [-0.4, -0.2) is 42.3 Å². The number of rotatable bonds is 6. The summed E-state index contributed by atoms with van der Waals surface area (Å²) in [6.07, 6.45) is 2.03. The van der Waals surface area contributed by atoms with Crippen molar-refractivity contribution in [1.29, 1.82) is 0 Å². The average Bonchev–Trinajstić information content (AvgIpc) is 2.74. The van der Waals surface area contributed by atoms with Crippen LogP contribution in [-0.2, 0) is 16.4 Å². The van der Waals surface area contributed by atoms with Crippen molar-refractivity contribution in [3.8, 4) is 0 Å². The van der Waals surface area contributed by atoms with Crippen LogP contribution in [0.4, 0.5) is 0 Å². The van der Waals surface area contributed by atoms with Gasteiger partial charge in [-0.1, -0.05) is 13.8 Å². The third-order valence-corrected chi connectivity index (χ3v) is 4.17. The van der Waals surface area contributed by atoms with Crippen LogP contribution in [0.2, 0.25) is 0 Å². The Bertz CT molecular complexity index is 426. The molecule has 1 rings (SSSR count). The second kappa shape index (κ2) is 5.42. The number of sulfonamides is 1. The summed E-state index contributed by atoms with van der Waals surface area (Å²) >= 11 is 0. The lowest BCUT2D eigenvalue weighted by Crippen LogP contribution is -2.35. The number of H-pyrrole nitrogens is 1. The Morgan fingerprint density at radius 3 is 2.62 bits per heavy atom. The second-order valence-corrected chi connectivity index (χ2v) is 5.24. The fourth-order valence-corrected chi connectivity index (χ4v) is 2.78. The Morgan fingerprint density at radius 1 is 1.50 bits per heavy atom. The zero-order chi connectivity index (χ0) is 12.2. The molecule has 0 saturated carbocycles. The quantitative estimate of drug-likeness (QED) is 0.735. The molecule has 0 aliphatic heterocycles. The van der Waals surface area contributed by atoms with Crippen molar-refractivity contribution in [2.24, 2.45) is 5.73 Å². The number of nitrogens with two attached hydrogens (primary N) is 1. The molecule has 92 valence electrons. The number of imidazole rings is 1. The summed E-state index contributed by atoms with van der Waals surface area (Å²) < 4.78 is 25.5. The third kappa shape index (κ3) is 2.60. The summed E-state index contributed by atoms with van der Waals surface area (Å²) in [6, 6.07) is 0. The lowest BCUT2D eigenvalue weighted by Gasteiger charge is -2.18. The van der Waals surface area contributed by atoms with E-state index < -0.39 is 10.0 Å². The van der Waals surface area contributed by atoms with Gasteiger partial charge in [-0.25, -0.2) is 13.4 Å². The van der Waals surface area contributed by atoms with Crippen molar-refractivity contribution >= 4 is 10.0 Å². The lowest BCUT2D eigenvalue weighted by atomic mass is 10.5. The summed E-state index contributed by atoms with van der Waals surface area (Å²) in [4.78, 5) is 6.78. The van der Waals surface area contributed by atoms with E-state index in [1.165, 1.54) is 10.5 Å². The van der Waals surface area contributed by atoms with Crippen LogP contribution in [0.5, 0.6) is 0 Å². The van der Waals surface area contributed by atoms with Gasteiger partial charge in [0.05, 0.1) is 6.20 Å². The zero-order valence-electron chi connectivity index (χ0n) is 9.60. The van der Waals surface area contributed by atoms with Crippen LogP contribution in [0.15, 0.2) is 11.2 Å². The average molecular weight is 246 g/mol. The fourth-order valence-electron chi connectivity index (χ4n) is 1.39. The molecule has 16 heavy (non-hydrogen) atoms. The molecule has 0 aliphatic carbocycles. The molecule has 1 aromatic heterocycles. The first kappa shape index (κ1) is 13.1. The number of aryl methyl sites for hydroxylation is 1. The molecule has 1 aromatic rings. The van der Waals surface area contributed by atoms with Crippen LogP contribution in [0.25, 0.3) is 0 Å². The van der Waals surface area contributed by atoms with E-state index >= 15 is 0 Å². The summed E-state index contributed by atoms with van der Waals surface area (Å²) in [5.41, 5.74) is 5.38. The van der Waals surface area contributed by atoms with E-state index in [-0.39, 0.29) is 5.03 Å². The van der Waals surface area contributed by atoms with Crippen molar-refractivity contribution in [3.63, 3.8) is 0 Å². The minimum absolute atomic E-state index is 0.139. The van der Waals surface area contributed by atoms with Gasteiger partial charge >= 0.3 is 0 Å². The van der Waals surface area contributed by atoms with E-state index in [9.17, 15) is 8.42 Å². The highest BCUT2D eigenvalue weighted by Crippen LogP contribution is 2.12. The summed E-state index contributed by atoms with van der Waals surface area (Å²) in [6.45, 7) is 4.72.